The van der Waals surface area contributed by atoms with Gasteiger partial charge in [-0.2, -0.15) is 0 Å². The minimum absolute atomic E-state index is 0.292. The van der Waals surface area contributed by atoms with Crippen LogP contribution in [0.2, 0.25) is 0 Å². The van der Waals surface area contributed by atoms with Gasteiger partial charge in [0.2, 0.25) is 0 Å². The van der Waals surface area contributed by atoms with Crippen molar-refractivity contribution in [1.29, 1.82) is 0 Å². The molecule has 0 spiro atoms. The third kappa shape index (κ3) is 1.47. The predicted molar refractivity (Wildman–Crippen MR) is 57.1 cm³/mol. The van der Waals surface area contributed by atoms with E-state index in [-0.39, 0.29) is 0 Å². The molecule has 1 heterocycles. The van der Waals surface area contributed by atoms with E-state index in [9.17, 15) is 0 Å². The van der Waals surface area contributed by atoms with Crippen LogP contribution in [0.3, 0.4) is 0 Å². The van der Waals surface area contributed by atoms with E-state index in [0.29, 0.717) is 17.6 Å². The standard InChI is InChI=1S/C11H22N2O/c1-11(2)9(13-6-5-12)8-4-3-7-14-10(8)11/h8-10,13H,3-7,12H2,1-2H3. The van der Waals surface area contributed by atoms with Gasteiger partial charge in [-0.1, -0.05) is 13.8 Å². The Morgan fingerprint density at radius 3 is 3.00 bits per heavy atom. The van der Waals surface area contributed by atoms with Crippen molar-refractivity contribution in [3.63, 3.8) is 0 Å². The van der Waals surface area contributed by atoms with Gasteiger partial charge in [-0.05, 0) is 12.8 Å². The molecule has 0 radical (unpaired) electrons. The van der Waals surface area contributed by atoms with E-state index >= 15 is 0 Å². The smallest absolute Gasteiger partial charge is 0.0684 e. The minimum atomic E-state index is 0.292. The van der Waals surface area contributed by atoms with Crippen LogP contribution in [0.1, 0.15) is 26.7 Å². The van der Waals surface area contributed by atoms with Crippen molar-refractivity contribution in [2.45, 2.75) is 38.8 Å². The van der Waals surface area contributed by atoms with Crippen molar-refractivity contribution in [1.82, 2.24) is 5.32 Å². The molecule has 82 valence electrons. The Bertz CT molecular complexity index is 205. The van der Waals surface area contributed by atoms with E-state index in [4.69, 9.17) is 10.5 Å². The van der Waals surface area contributed by atoms with Crippen LogP contribution < -0.4 is 11.1 Å². The first-order valence-electron chi connectivity index (χ1n) is 5.73. The Morgan fingerprint density at radius 1 is 1.50 bits per heavy atom. The summed E-state index contributed by atoms with van der Waals surface area (Å²) in [5, 5.41) is 3.55. The number of fused-ring (bicyclic) bond motifs is 1. The maximum Gasteiger partial charge on any atom is 0.0684 e. The number of hydrogen-bond donors (Lipinski definition) is 2. The molecule has 0 aromatic heterocycles. The van der Waals surface area contributed by atoms with Gasteiger partial charge in [0.15, 0.2) is 0 Å². The predicted octanol–water partition coefficient (Wildman–Crippen LogP) is 0.738. The molecule has 0 aromatic rings. The van der Waals surface area contributed by atoms with E-state index in [0.717, 1.165) is 25.6 Å². The number of nitrogens with two attached hydrogens (primary N) is 1. The maximum absolute atomic E-state index is 5.83. The summed E-state index contributed by atoms with van der Waals surface area (Å²) in [5.74, 6) is 0.727. The SMILES string of the molecule is CC1(C)C(NCCN)C2CCCOC21. The summed E-state index contributed by atoms with van der Waals surface area (Å²) in [6.07, 6.45) is 3.01. The van der Waals surface area contributed by atoms with Gasteiger partial charge in [0.25, 0.3) is 0 Å². The molecule has 3 N–H and O–H groups in total. The van der Waals surface area contributed by atoms with Crippen LogP contribution in [0.5, 0.6) is 0 Å². The lowest BCUT2D eigenvalue weighted by Crippen LogP contribution is -2.69. The highest BCUT2D eigenvalue weighted by Gasteiger charge is 2.57. The zero-order valence-electron chi connectivity index (χ0n) is 9.25. The molecule has 3 nitrogen and oxygen atoms in total. The van der Waals surface area contributed by atoms with Gasteiger partial charge >= 0.3 is 0 Å². The van der Waals surface area contributed by atoms with Crippen LogP contribution in [-0.2, 0) is 4.74 Å². The molecule has 3 heteroatoms. The molecule has 2 aliphatic rings. The van der Waals surface area contributed by atoms with Crippen LogP contribution in [0.4, 0.5) is 0 Å². The first-order valence-corrected chi connectivity index (χ1v) is 5.73. The van der Waals surface area contributed by atoms with Crippen molar-refractivity contribution in [3.05, 3.63) is 0 Å². The molecule has 3 atom stereocenters. The summed E-state index contributed by atoms with van der Waals surface area (Å²) in [7, 11) is 0. The number of rotatable bonds is 3. The van der Waals surface area contributed by atoms with Crippen molar-refractivity contribution in [2.75, 3.05) is 19.7 Å². The summed E-state index contributed by atoms with van der Waals surface area (Å²) in [6, 6.07) is 0.608. The van der Waals surface area contributed by atoms with Crippen molar-refractivity contribution in [2.24, 2.45) is 17.1 Å². The summed E-state index contributed by atoms with van der Waals surface area (Å²) in [4.78, 5) is 0. The lowest BCUT2D eigenvalue weighted by Gasteiger charge is -2.60. The van der Waals surface area contributed by atoms with Gasteiger partial charge in [0, 0.05) is 37.1 Å². The van der Waals surface area contributed by atoms with Gasteiger partial charge in [0.05, 0.1) is 6.10 Å². The molecule has 2 rings (SSSR count). The van der Waals surface area contributed by atoms with Gasteiger partial charge in [0.1, 0.15) is 0 Å². The molecule has 0 amide bonds. The van der Waals surface area contributed by atoms with Crippen molar-refractivity contribution < 1.29 is 4.74 Å². The highest BCUT2D eigenvalue weighted by Crippen LogP contribution is 2.51. The molecule has 0 aromatic carbocycles. The molecule has 1 aliphatic heterocycles. The van der Waals surface area contributed by atoms with E-state index in [1.54, 1.807) is 0 Å². The second-order valence-corrected chi connectivity index (χ2v) is 5.14. The van der Waals surface area contributed by atoms with Gasteiger partial charge < -0.3 is 15.8 Å². The maximum atomic E-state index is 5.83. The van der Waals surface area contributed by atoms with Crippen molar-refractivity contribution >= 4 is 0 Å². The summed E-state index contributed by atoms with van der Waals surface area (Å²) in [6.45, 7) is 7.21. The molecular formula is C11H22N2O. The third-order valence-corrected chi connectivity index (χ3v) is 3.84. The molecule has 3 unspecified atom stereocenters. The summed E-state index contributed by atoms with van der Waals surface area (Å²) < 4.78 is 5.83. The van der Waals surface area contributed by atoms with Gasteiger partial charge in [-0.3, -0.25) is 0 Å². The Labute approximate surface area is 86.4 Å². The highest BCUT2D eigenvalue weighted by molar-refractivity contribution is 5.10. The van der Waals surface area contributed by atoms with Crippen molar-refractivity contribution in [3.8, 4) is 0 Å². The first-order chi connectivity index (χ1) is 6.68. The van der Waals surface area contributed by atoms with Crippen LogP contribution in [0.25, 0.3) is 0 Å². The lowest BCUT2D eigenvalue weighted by molar-refractivity contribution is -0.192. The second kappa shape index (κ2) is 3.80. The molecular weight excluding hydrogens is 176 g/mol. The molecule has 14 heavy (non-hydrogen) atoms. The van der Waals surface area contributed by atoms with E-state index in [1.807, 2.05) is 0 Å². The van der Waals surface area contributed by atoms with E-state index in [2.05, 4.69) is 19.2 Å². The number of nitrogens with one attached hydrogen (secondary N) is 1. The van der Waals surface area contributed by atoms with Crippen LogP contribution >= 0.6 is 0 Å². The third-order valence-electron chi connectivity index (χ3n) is 3.84. The zero-order valence-corrected chi connectivity index (χ0v) is 9.25. The normalized spacial score (nSPS) is 40.1. The fraction of sp³-hybridized carbons (Fsp3) is 1.00. The number of ether oxygens (including phenoxy) is 1. The summed E-state index contributed by atoms with van der Waals surface area (Å²) >= 11 is 0. The fourth-order valence-electron chi connectivity index (χ4n) is 3.18. The average molecular weight is 198 g/mol. The molecule has 2 fully saturated rings. The average Bonchev–Trinajstić information content (AvgIpc) is 2.18. The fourth-order valence-corrected chi connectivity index (χ4v) is 3.18. The topological polar surface area (TPSA) is 47.3 Å². The van der Waals surface area contributed by atoms with E-state index < -0.39 is 0 Å². The molecule has 1 saturated heterocycles. The Morgan fingerprint density at radius 2 is 2.29 bits per heavy atom. The van der Waals surface area contributed by atoms with Crippen LogP contribution in [0, 0.1) is 11.3 Å². The second-order valence-electron chi connectivity index (χ2n) is 5.14. The Kier molecular flexibility index (Phi) is 2.82. The monoisotopic (exact) mass is 198 g/mol. The van der Waals surface area contributed by atoms with Crippen LogP contribution in [0.15, 0.2) is 0 Å². The minimum Gasteiger partial charge on any atom is -0.377 e. The van der Waals surface area contributed by atoms with E-state index in [1.165, 1.54) is 12.8 Å². The number of hydrogen-bond acceptors (Lipinski definition) is 3. The van der Waals surface area contributed by atoms with Gasteiger partial charge in [-0.25, -0.2) is 0 Å². The van der Waals surface area contributed by atoms with Gasteiger partial charge in [-0.15, -0.1) is 0 Å². The molecule has 1 saturated carbocycles. The quantitative estimate of drug-likeness (QED) is 0.703. The Balaban J connectivity index is 1.95. The Hall–Kier alpha value is -0.120. The first kappa shape index (κ1) is 10.4. The summed E-state index contributed by atoms with van der Waals surface area (Å²) in [5.41, 5.74) is 5.81. The zero-order chi connectivity index (χ0) is 10.2. The largest absolute Gasteiger partial charge is 0.377 e. The van der Waals surface area contributed by atoms with Crippen LogP contribution in [-0.4, -0.2) is 31.8 Å². The molecule has 0 bridgehead atoms. The lowest BCUT2D eigenvalue weighted by atomic mass is 9.55. The molecule has 1 aliphatic carbocycles. The highest BCUT2D eigenvalue weighted by atomic mass is 16.5.